The number of carbonyl (C=O) groups excluding carboxylic acids is 1. The lowest BCUT2D eigenvalue weighted by Gasteiger charge is -2.43. The molecule has 284 valence electrons. The third kappa shape index (κ3) is 7.90. The number of hydrogen-bond donors (Lipinski definition) is 1. The van der Waals surface area contributed by atoms with E-state index >= 15 is 0 Å². The molecule has 0 aliphatic heterocycles. The van der Waals surface area contributed by atoms with Crippen LogP contribution in [0.5, 0.6) is 0 Å². The molecule has 0 aromatic heterocycles. The molecule has 0 saturated heterocycles. The maximum absolute atomic E-state index is 14.2. The van der Waals surface area contributed by atoms with Gasteiger partial charge in [0.1, 0.15) is 6.61 Å². The molecule has 0 radical (unpaired) electrons. The maximum atomic E-state index is 14.2. The highest BCUT2D eigenvalue weighted by Crippen LogP contribution is 2.63. The number of alkyl halides is 16. The van der Waals surface area contributed by atoms with Crippen LogP contribution in [0.3, 0.4) is 0 Å². The molecule has 1 aromatic carbocycles. The van der Waals surface area contributed by atoms with Gasteiger partial charge in [0, 0.05) is 0 Å². The number of aliphatic hydroxyl groups excluding tert-OH is 1. The number of esters is 1. The van der Waals surface area contributed by atoms with E-state index in [9.17, 15) is 75.0 Å². The van der Waals surface area contributed by atoms with Crippen LogP contribution >= 0.6 is 0 Å². The summed E-state index contributed by atoms with van der Waals surface area (Å²) in [6.45, 7) is -4.58. The molecule has 1 aliphatic carbocycles. The molecule has 49 heavy (non-hydrogen) atoms. The summed E-state index contributed by atoms with van der Waals surface area (Å²) >= 11 is 0. The van der Waals surface area contributed by atoms with E-state index in [1.165, 1.54) is 12.1 Å². The van der Waals surface area contributed by atoms with Crippen molar-refractivity contribution >= 4 is 5.97 Å². The minimum Gasteiger partial charge on any atom is -0.455 e. The SMILES string of the molecule is CCCCCCCC1CCC(c2ccc(C(=O)OCC(F)(F)C(F)(F)C(F)(F)C(F)(F)C(F)(F)C(F)(F)C(F)(F)C(F)(F)CO)cc2)CC1. The number of carbonyl (C=O) groups is 1. The lowest BCUT2D eigenvalue weighted by Crippen LogP contribution is -2.75. The van der Waals surface area contributed by atoms with E-state index < -0.39 is 72.1 Å². The molecule has 0 spiro atoms. The molecule has 0 heterocycles. The van der Waals surface area contributed by atoms with Crippen molar-refractivity contribution in [2.75, 3.05) is 13.2 Å². The van der Waals surface area contributed by atoms with Gasteiger partial charge in [-0.3, -0.25) is 0 Å². The van der Waals surface area contributed by atoms with Crippen molar-refractivity contribution in [1.29, 1.82) is 0 Å². The summed E-state index contributed by atoms with van der Waals surface area (Å²) < 4.78 is 224. The van der Waals surface area contributed by atoms with Crippen LogP contribution in [0.15, 0.2) is 24.3 Å². The fourth-order valence-corrected chi connectivity index (χ4v) is 5.39. The van der Waals surface area contributed by atoms with Gasteiger partial charge in [0.05, 0.1) is 5.56 Å². The van der Waals surface area contributed by atoms with Crippen LogP contribution in [0.25, 0.3) is 0 Å². The number of benzene rings is 1. The Morgan fingerprint density at radius 3 is 1.51 bits per heavy atom. The van der Waals surface area contributed by atoms with Crippen molar-refractivity contribution in [1.82, 2.24) is 0 Å². The molecule has 2 rings (SSSR count). The topological polar surface area (TPSA) is 46.5 Å². The Labute approximate surface area is 270 Å². The molecule has 3 nitrogen and oxygen atoms in total. The van der Waals surface area contributed by atoms with Gasteiger partial charge in [0.15, 0.2) is 6.61 Å². The zero-order chi connectivity index (χ0) is 37.9. The first kappa shape index (κ1) is 42.7. The average molecular weight is 747 g/mol. The Balaban J connectivity index is 2.13. The van der Waals surface area contributed by atoms with E-state index in [4.69, 9.17) is 5.11 Å². The fourth-order valence-electron chi connectivity index (χ4n) is 5.39. The van der Waals surface area contributed by atoms with E-state index in [1.54, 1.807) is 0 Å². The molecule has 0 unspecified atom stereocenters. The zero-order valence-electron chi connectivity index (χ0n) is 25.8. The summed E-state index contributed by atoms with van der Waals surface area (Å²) in [5.74, 6) is -64.5. The maximum Gasteiger partial charge on any atom is 0.385 e. The summed E-state index contributed by atoms with van der Waals surface area (Å²) in [4.78, 5) is 12.2. The van der Waals surface area contributed by atoms with Gasteiger partial charge >= 0.3 is 53.3 Å². The first-order valence-corrected chi connectivity index (χ1v) is 15.1. The highest BCUT2D eigenvalue weighted by atomic mass is 19.4. The standard InChI is InChI=1S/C30H34F16O3/c1-2-3-4-5-6-7-18-8-10-19(11-9-18)20-12-14-21(15-13-20)22(48)49-17-24(33,34)26(37,38)28(41,42)30(45,46)29(43,44)27(39,40)25(35,36)23(31,32)16-47/h12-15,18-19,47H,2-11,16-17H2,1H3. The molecule has 1 aromatic rings. The predicted molar refractivity (Wildman–Crippen MR) is 141 cm³/mol. The number of rotatable bonds is 18. The monoisotopic (exact) mass is 746 g/mol. The van der Waals surface area contributed by atoms with Gasteiger partial charge in [0.25, 0.3) is 0 Å². The molecule has 1 fully saturated rings. The van der Waals surface area contributed by atoms with Gasteiger partial charge in [-0.25, -0.2) is 4.79 Å². The molecule has 0 amide bonds. The highest BCUT2D eigenvalue weighted by molar-refractivity contribution is 5.89. The van der Waals surface area contributed by atoms with E-state index in [1.807, 2.05) is 0 Å². The summed E-state index contributed by atoms with van der Waals surface area (Å²) in [7, 11) is 0. The van der Waals surface area contributed by atoms with Crippen molar-refractivity contribution in [2.45, 2.75) is 124 Å². The zero-order valence-corrected chi connectivity index (χ0v) is 25.8. The van der Waals surface area contributed by atoms with Gasteiger partial charge in [-0.2, -0.15) is 70.2 Å². The Bertz CT molecular complexity index is 1230. The van der Waals surface area contributed by atoms with E-state index in [0.29, 0.717) is 11.5 Å². The predicted octanol–water partition coefficient (Wildman–Crippen LogP) is 10.6. The van der Waals surface area contributed by atoms with Crippen LogP contribution in [0, 0.1) is 5.92 Å². The summed E-state index contributed by atoms with van der Waals surface area (Å²) in [5.41, 5.74) is 0.0516. The molecule has 1 N–H and O–H groups in total. The van der Waals surface area contributed by atoms with Crippen LogP contribution in [-0.2, 0) is 4.74 Å². The third-order valence-electron chi connectivity index (χ3n) is 8.65. The molecule has 0 atom stereocenters. The largest absolute Gasteiger partial charge is 0.455 e. The van der Waals surface area contributed by atoms with Crippen molar-refractivity contribution in [2.24, 2.45) is 5.92 Å². The summed E-state index contributed by atoms with van der Waals surface area (Å²) in [6, 6.07) is 4.65. The fraction of sp³-hybridized carbons (Fsp3) is 0.767. The first-order valence-electron chi connectivity index (χ1n) is 15.1. The summed E-state index contributed by atoms with van der Waals surface area (Å²) in [5, 5.41) is 8.06. The normalized spacial score (nSPS) is 19.2. The second-order valence-corrected chi connectivity index (χ2v) is 12.1. The van der Waals surface area contributed by atoms with Crippen molar-refractivity contribution < 1.29 is 84.9 Å². The molecule has 0 bridgehead atoms. The van der Waals surface area contributed by atoms with Gasteiger partial charge in [-0.1, -0.05) is 57.6 Å². The second kappa shape index (κ2) is 15.0. The molecular weight excluding hydrogens is 712 g/mol. The van der Waals surface area contributed by atoms with Crippen molar-refractivity contribution in [3.63, 3.8) is 0 Å². The van der Waals surface area contributed by atoms with Gasteiger partial charge in [-0.15, -0.1) is 0 Å². The third-order valence-corrected chi connectivity index (χ3v) is 8.65. The number of ether oxygens (including phenoxy) is 1. The number of hydrogen-bond acceptors (Lipinski definition) is 3. The van der Waals surface area contributed by atoms with Gasteiger partial charge < -0.3 is 9.84 Å². The van der Waals surface area contributed by atoms with Crippen LogP contribution in [0.2, 0.25) is 0 Å². The van der Waals surface area contributed by atoms with Crippen LogP contribution in [0.1, 0.15) is 93.0 Å². The Morgan fingerprint density at radius 1 is 0.633 bits per heavy atom. The van der Waals surface area contributed by atoms with Gasteiger partial charge in [-0.05, 0) is 55.2 Å². The number of halogens is 16. The molecule has 1 saturated carbocycles. The minimum atomic E-state index is -8.60. The lowest BCUT2D eigenvalue weighted by atomic mass is 9.77. The van der Waals surface area contributed by atoms with Crippen LogP contribution in [0.4, 0.5) is 70.2 Å². The molecule has 1 aliphatic rings. The number of unbranched alkanes of at least 4 members (excludes halogenated alkanes) is 4. The highest BCUT2D eigenvalue weighted by Gasteiger charge is 2.94. The van der Waals surface area contributed by atoms with E-state index in [-0.39, 0.29) is 5.92 Å². The second-order valence-electron chi connectivity index (χ2n) is 12.1. The van der Waals surface area contributed by atoms with E-state index in [0.717, 1.165) is 76.3 Å². The smallest absolute Gasteiger partial charge is 0.385 e. The Kier molecular flexibility index (Phi) is 13.1. The quantitative estimate of drug-likeness (QED) is 0.0925. The Morgan fingerprint density at radius 2 is 1.06 bits per heavy atom. The molecule has 19 heteroatoms. The average Bonchev–Trinajstić information content (AvgIpc) is 3.03. The minimum absolute atomic E-state index is 0.0358. The van der Waals surface area contributed by atoms with Crippen LogP contribution in [-0.4, -0.2) is 71.7 Å². The van der Waals surface area contributed by atoms with Gasteiger partial charge in [0.2, 0.25) is 0 Å². The van der Waals surface area contributed by atoms with Crippen molar-refractivity contribution in [3.8, 4) is 0 Å². The van der Waals surface area contributed by atoms with Crippen molar-refractivity contribution in [3.05, 3.63) is 35.4 Å². The van der Waals surface area contributed by atoms with Crippen LogP contribution < -0.4 is 0 Å². The summed E-state index contributed by atoms with van der Waals surface area (Å²) in [6.07, 6.45) is 10.1. The first-order chi connectivity index (χ1) is 22.2. The molecular formula is C30H34F16O3. The number of aliphatic hydroxyl groups is 1. The van der Waals surface area contributed by atoms with E-state index in [2.05, 4.69) is 11.7 Å². The lowest BCUT2D eigenvalue weighted by molar-refractivity contribution is -0.454. The Hall–Kier alpha value is -2.47.